The fourth-order valence-corrected chi connectivity index (χ4v) is 2.72. The summed E-state index contributed by atoms with van der Waals surface area (Å²) >= 11 is 6.09. The summed E-state index contributed by atoms with van der Waals surface area (Å²) in [6.07, 6.45) is 1.85. The van der Waals surface area contributed by atoms with Crippen LogP contribution in [0.1, 0.15) is 18.1 Å². The molecule has 2 aromatic rings. The highest BCUT2D eigenvalue weighted by Gasteiger charge is 2.18. The summed E-state index contributed by atoms with van der Waals surface area (Å²) in [6, 6.07) is 12.8. The smallest absolute Gasteiger partial charge is 0.331 e. The van der Waals surface area contributed by atoms with Crippen LogP contribution in [-0.2, 0) is 20.9 Å². The van der Waals surface area contributed by atoms with Crippen LogP contribution in [0.4, 0.5) is 0 Å². The molecule has 0 fully saturated rings. The molecule has 3 rings (SSSR count). The van der Waals surface area contributed by atoms with Gasteiger partial charge in [0.05, 0.1) is 5.02 Å². The second-order valence-corrected chi connectivity index (χ2v) is 6.26. The standard InChI is InChI=1S/C20H18ClNO5/c1-13(20(24)22-11-14-5-3-2-4-6-14)27-18(23)8-7-15-9-16(21)19-17(10-15)25-12-26-19/h2-10,13H,11-12H2,1H3,(H,22,24)/b8-7+/t13-/m1/s1. The molecule has 6 nitrogen and oxygen atoms in total. The molecule has 0 aliphatic carbocycles. The summed E-state index contributed by atoms with van der Waals surface area (Å²) in [5.41, 5.74) is 1.62. The van der Waals surface area contributed by atoms with Gasteiger partial charge in [-0.2, -0.15) is 0 Å². The van der Waals surface area contributed by atoms with E-state index in [9.17, 15) is 9.59 Å². The molecule has 1 aliphatic heterocycles. The summed E-state index contributed by atoms with van der Waals surface area (Å²) in [5.74, 6) is 0.00200. The average Bonchev–Trinajstić information content (AvgIpc) is 3.14. The van der Waals surface area contributed by atoms with Gasteiger partial charge in [0.25, 0.3) is 5.91 Å². The van der Waals surface area contributed by atoms with E-state index in [2.05, 4.69) is 5.32 Å². The van der Waals surface area contributed by atoms with E-state index >= 15 is 0 Å². The molecule has 1 aliphatic rings. The molecule has 0 unspecified atom stereocenters. The molecular formula is C20H18ClNO5. The Morgan fingerprint density at radius 2 is 2.04 bits per heavy atom. The van der Waals surface area contributed by atoms with Crippen molar-refractivity contribution in [2.75, 3.05) is 6.79 Å². The molecule has 0 bridgehead atoms. The van der Waals surface area contributed by atoms with Crippen molar-refractivity contribution in [3.8, 4) is 11.5 Å². The molecule has 0 saturated carbocycles. The second-order valence-electron chi connectivity index (χ2n) is 5.85. The van der Waals surface area contributed by atoms with Crippen LogP contribution in [-0.4, -0.2) is 24.8 Å². The van der Waals surface area contributed by atoms with E-state index in [1.54, 1.807) is 12.1 Å². The van der Waals surface area contributed by atoms with Gasteiger partial charge in [-0.1, -0.05) is 41.9 Å². The van der Waals surface area contributed by atoms with Gasteiger partial charge in [-0.05, 0) is 36.3 Å². The largest absolute Gasteiger partial charge is 0.454 e. The predicted molar refractivity (Wildman–Crippen MR) is 100 cm³/mol. The van der Waals surface area contributed by atoms with E-state index in [4.69, 9.17) is 25.8 Å². The first-order chi connectivity index (χ1) is 13.0. The van der Waals surface area contributed by atoms with Gasteiger partial charge < -0.3 is 19.5 Å². The van der Waals surface area contributed by atoms with Crippen molar-refractivity contribution < 1.29 is 23.8 Å². The lowest BCUT2D eigenvalue weighted by atomic mass is 10.2. The highest BCUT2D eigenvalue weighted by Crippen LogP contribution is 2.40. The van der Waals surface area contributed by atoms with Crippen molar-refractivity contribution in [2.45, 2.75) is 19.6 Å². The minimum Gasteiger partial charge on any atom is -0.454 e. The third kappa shape index (κ3) is 5.01. The van der Waals surface area contributed by atoms with Gasteiger partial charge in [-0.3, -0.25) is 4.79 Å². The summed E-state index contributed by atoms with van der Waals surface area (Å²) in [5, 5.41) is 3.12. The first-order valence-corrected chi connectivity index (χ1v) is 8.70. The Hall–Kier alpha value is -2.99. The number of fused-ring (bicyclic) bond motifs is 1. The molecule has 0 aromatic heterocycles. The van der Waals surface area contributed by atoms with E-state index in [1.165, 1.54) is 19.1 Å². The van der Waals surface area contributed by atoms with Crippen LogP contribution in [0.2, 0.25) is 5.02 Å². The highest BCUT2D eigenvalue weighted by molar-refractivity contribution is 6.32. The van der Waals surface area contributed by atoms with Crippen LogP contribution in [0, 0.1) is 0 Å². The third-order valence-corrected chi connectivity index (χ3v) is 4.11. The maximum absolute atomic E-state index is 12.0. The summed E-state index contributed by atoms with van der Waals surface area (Å²) < 4.78 is 15.6. The van der Waals surface area contributed by atoms with E-state index in [0.717, 1.165) is 5.56 Å². The van der Waals surface area contributed by atoms with Gasteiger partial charge in [0.1, 0.15) is 0 Å². The molecule has 1 amide bonds. The lowest BCUT2D eigenvalue weighted by molar-refractivity contribution is -0.150. The lowest BCUT2D eigenvalue weighted by Gasteiger charge is -2.12. The topological polar surface area (TPSA) is 73.9 Å². The number of hydrogen-bond acceptors (Lipinski definition) is 5. The number of ether oxygens (including phenoxy) is 3. The monoisotopic (exact) mass is 387 g/mol. The zero-order chi connectivity index (χ0) is 19.2. The fraction of sp³-hybridized carbons (Fsp3) is 0.200. The zero-order valence-electron chi connectivity index (χ0n) is 14.6. The Bertz CT molecular complexity index is 866. The van der Waals surface area contributed by atoms with Crippen LogP contribution >= 0.6 is 11.6 Å². The number of carbonyl (C=O) groups excluding carboxylic acids is 2. The van der Waals surface area contributed by atoms with Crippen molar-refractivity contribution in [1.82, 2.24) is 5.32 Å². The van der Waals surface area contributed by atoms with Crippen LogP contribution in [0.15, 0.2) is 48.5 Å². The van der Waals surface area contributed by atoms with Gasteiger partial charge in [0, 0.05) is 12.6 Å². The molecule has 0 radical (unpaired) electrons. The maximum Gasteiger partial charge on any atom is 0.331 e. The lowest BCUT2D eigenvalue weighted by Crippen LogP contribution is -2.35. The quantitative estimate of drug-likeness (QED) is 0.608. The Morgan fingerprint density at radius 3 is 2.81 bits per heavy atom. The van der Waals surface area contributed by atoms with Gasteiger partial charge >= 0.3 is 5.97 Å². The maximum atomic E-state index is 12.0. The van der Waals surface area contributed by atoms with Gasteiger partial charge in [0.15, 0.2) is 17.6 Å². The number of halogens is 1. The predicted octanol–water partition coefficient (Wildman–Crippen LogP) is 3.33. The normalized spacial score (nSPS) is 13.4. The molecule has 1 heterocycles. The second kappa shape index (κ2) is 8.60. The van der Waals surface area contributed by atoms with E-state index in [-0.39, 0.29) is 12.7 Å². The molecule has 7 heteroatoms. The number of nitrogens with one attached hydrogen (secondary N) is 1. The SMILES string of the molecule is C[C@@H](OC(=O)/C=C/c1cc(Cl)c2c(c1)OCO2)C(=O)NCc1ccccc1. The molecule has 2 aromatic carbocycles. The number of hydrogen-bond donors (Lipinski definition) is 1. The number of benzene rings is 2. The number of rotatable bonds is 6. The summed E-state index contributed by atoms with van der Waals surface area (Å²) in [7, 11) is 0. The summed E-state index contributed by atoms with van der Waals surface area (Å²) in [4.78, 5) is 24.0. The Morgan fingerprint density at radius 1 is 1.26 bits per heavy atom. The minimum absolute atomic E-state index is 0.111. The fourth-order valence-electron chi connectivity index (χ4n) is 2.44. The van der Waals surface area contributed by atoms with E-state index in [1.807, 2.05) is 30.3 Å². The number of esters is 1. The first-order valence-electron chi connectivity index (χ1n) is 8.32. The minimum atomic E-state index is -0.911. The van der Waals surface area contributed by atoms with E-state index < -0.39 is 12.1 Å². The number of amides is 1. The number of carbonyl (C=O) groups is 2. The molecular weight excluding hydrogens is 370 g/mol. The van der Waals surface area contributed by atoms with E-state index in [0.29, 0.717) is 28.6 Å². The Labute approximate surface area is 161 Å². The van der Waals surface area contributed by atoms with Crippen molar-refractivity contribution in [2.24, 2.45) is 0 Å². The molecule has 27 heavy (non-hydrogen) atoms. The van der Waals surface area contributed by atoms with Crippen molar-refractivity contribution in [3.05, 3.63) is 64.7 Å². The van der Waals surface area contributed by atoms with Crippen molar-refractivity contribution in [1.29, 1.82) is 0 Å². The van der Waals surface area contributed by atoms with Crippen molar-refractivity contribution in [3.63, 3.8) is 0 Å². The molecule has 0 saturated heterocycles. The highest BCUT2D eigenvalue weighted by atomic mass is 35.5. The van der Waals surface area contributed by atoms with Crippen LogP contribution in [0.5, 0.6) is 11.5 Å². The molecule has 1 atom stereocenters. The Kier molecular flexibility index (Phi) is 5.98. The summed E-state index contributed by atoms with van der Waals surface area (Å²) in [6.45, 7) is 2.00. The first kappa shape index (κ1) is 18.8. The van der Waals surface area contributed by atoms with Crippen LogP contribution in [0.3, 0.4) is 0 Å². The molecule has 140 valence electrons. The average molecular weight is 388 g/mol. The zero-order valence-corrected chi connectivity index (χ0v) is 15.4. The van der Waals surface area contributed by atoms with Gasteiger partial charge in [-0.25, -0.2) is 4.79 Å². The molecule has 1 N–H and O–H groups in total. The molecule has 0 spiro atoms. The Balaban J connectivity index is 1.51. The van der Waals surface area contributed by atoms with Crippen LogP contribution < -0.4 is 14.8 Å². The van der Waals surface area contributed by atoms with Gasteiger partial charge in [0.2, 0.25) is 6.79 Å². The third-order valence-electron chi connectivity index (χ3n) is 3.83. The van der Waals surface area contributed by atoms with Gasteiger partial charge in [-0.15, -0.1) is 0 Å². The van der Waals surface area contributed by atoms with Crippen molar-refractivity contribution >= 4 is 29.6 Å². The van der Waals surface area contributed by atoms with Crippen LogP contribution in [0.25, 0.3) is 6.08 Å².